The Bertz CT molecular complexity index is 3880. The van der Waals surface area contributed by atoms with Gasteiger partial charge < -0.3 is 221 Å². The van der Waals surface area contributed by atoms with Gasteiger partial charge in [0.15, 0.2) is 25.2 Å². The number of aliphatic carboxylic acids is 3. The maximum absolute atomic E-state index is 14.0. The van der Waals surface area contributed by atoms with Crippen LogP contribution in [0.4, 0.5) is 0 Å². The number of carboxylic acid groups (broad SMARTS) is 3. The van der Waals surface area contributed by atoms with Crippen LogP contribution >= 0.6 is 0 Å². The molecule has 7 saturated heterocycles. The summed E-state index contributed by atoms with van der Waals surface area (Å²) >= 11 is 0. The fourth-order valence-electron chi connectivity index (χ4n) is 19.2. The maximum Gasteiger partial charge on any atom is 0.364 e. The van der Waals surface area contributed by atoms with Crippen LogP contribution in [0, 0.1) is 0 Å². The molecular weight excluding hydrogens is 1940 g/mol. The van der Waals surface area contributed by atoms with Crippen molar-refractivity contribution in [2.24, 2.45) is 0 Å². The Kier molecular flexibility index (Phi) is 53.6. The Morgan fingerprint density at radius 1 is 0.372 bits per heavy atom. The van der Waals surface area contributed by atoms with Gasteiger partial charge in [0.2, 0.25) is 29.5 Å². The first-order chi connectivity index (χ1) is 68.9. The molecule has 145 heavy (non-hydrogen) atoms. The fraction of sp³-hybridized carbons (Fsp3) is 0.892. The van der Waals surface area contributed by atoms with Gasteiger partial charge in [-0.25, -0.2) is 14.4 Å². The number of hydrogen-bond donors (Lipinski definition) is 30. The molecule has 52 nitrogen and oxygen atoms in total. The molecule has 7 fully saturated rings. The molecule has 0 radical (unpaired) electrons. The molecule has 14 unspecified atom stereocenters. The molecule has 5 amide bonds. The highest BCUT2D eigenvalue weighted by Crippen LogP contribution is 2.44. The van der Waals surface area contributed by atoms with Gasteiger partial charge in [-0.1, -0.05) is 167 Å². The van der Waals surface area contributed by atoms with E-state index in [2.05, 4.69) is 40.4 Å². The van der Waals surface area contributed by atoms with Crippen LogP contribution in [0.5, 0.6) is 0 Å². The first-order valence-electron chi connectivity index (χ1n) is 50.4. The standard InChI is InChI=1S/C93H161N5O47/c1-7-9-11-13-15-17-19-21-23-25-27-29-31-33-51(110)50(98-62(115)34-32-30-28-26-24-22-20-18-16-14-12-10-8-2)45-132-85-74(123)73(122)78(61(44-105)136-85)138-86-75(124)82(68(117)56(39-100)133-86)139-84-66(97-49(6)109)72(121)77(60(43-104)135-84)137-87-76(125)83(69(118)57(40-101)134-87)145-93(90(130)131)37-54(113)65(96-48(5)108)81(144-93)71(120)59(42-103)141-92(89(128)129)36-53(112)64(95-47(4)107)80(143-92)70(119)58(41-102)140-91(88(126)127)35-52(111)63(94-46(3)106)79(142-91)67(116)55(114)38-99/h31,33,50-61,63-87,99-105,110-114,116-125H,7-30,32,34-45H2,1-6H3,(H,94,106)(H,95,107)(H,96,108)(H,97,109)(H,98,115)(H,126,127)(H,128,129)(H,130,131)/b33-31+/t50-,51+,52?,53?,54?,55+,56?,57?,58+,59+,60?,61?,63+,64+,65+,66?,67+,68-,69-,70+,71+,72+,73+,74?,75?,76?,77+,78+,79?,80?,81?,82-,83-,84-,85+,86-,87-,91+,92+,93-/m0/s1. The number of rotatable bonds is 64. The van der Waals surface area contributed by atoms with Crippen LogP contribution in [0.3, 0.4) is 0 Å². The monoisotopic (exact) mass is 2100 g/mol. The third-order valence-corrected chi connectivity index (χ3v) is 27.1. The number of carbonyl (C=O) groups is 8. The molecule has 0 aliphatic carbocycles. The topological polar surface area (TPSA) is 832 Å². The number of amides is 5. The molecule has 0 bridgehead atoms. The van der Waals surface area contributed by atoms with Gasteiger partial charge in [-0.15, -0.1) is 0 Å². The molecule has 7 heterocycles. The number of allylic oxidation sites excluding steroid dienone is 1. The normalized spacial score (nSPS) is 35.8. The molecule has 30 N–H and O–H groups in total. The van der Waals surface area contributed by atoms with E-state index in [1.807, 2.05) is 0 Å². The highest BCUT2D eigenvalue weighted by Gasteiger charge is 2.66. The minimum absolute atomic E-state index is 0.126. The van der Waals surface area contributed by atoms with Gasteiger partial charge in [0, 0.05) is 53.4 Å². The van der Waals surface area contributed by atoms with Crippen LogP contribution in [0.2, 0.25) is 0 Å². The van der Waals surface area contributed by atoms with E-state index >= 15 is 0 Å². The van der Waals surface area contributed by atoms with E-state index in [1.54, 1.807) is 6.08 Å². The van der Waals surface area contributed by atoms with Crippen molar-refractivity contribution in [1.82, 2.24) is 26.6 Å². The number of carbonyl (C=O) groups excluding carboxylic acids is 5. The number of nitrogens with one attached hydrogen (secondary N) is 5. The second-order valence-corrected chi connectivity index (χ2v) is 38.5. The SMILES string of the molecule is CCCCCCCCCCCCC/C=C/[C@@H](O)[C@H](CO[C@@H]1OC(CO)[C@@H](O[C@@H]2OC(CO)[C@H](O)[C@H](O[C@@H]3OC(CO)[C@@H](O[C@@H]4OC(CO)[C@H](O)[C@H](O[C@]5(C(=O)O)CC(O)[C@@H](NC(C)=O)C([C@H](O)[C@@H](CO)O[C@]6(C(=O)O)CC(O)[C@@H](NC(C)=O)C([C@H](O)[C@@H](CO)O[C@]7(C(=O)O)CC(O)[C@@H](NC(C)=O)C([C@H](O)[C@H](O)CO)O7)O6)O5)C4O)[C@H](O)C3NC(C)=O)C2O)[C@H](O)C1O)NC(=O)CCCCCCCCCCCCCCC. The van der Waals surface area contributed by atoms with E-state index < -0.39 is 363 Å². The predicted molar refractivity (Wildman–Crippen MR) is 492 cm³/mol. The smallest absolute Gasteiger partial charge is 0.364 e. The summed E-state index contributed by atoms with van der Waals surface area (Å²) in [4.78, 5) is 106. The second-order valence-electron chi connectivity index (χ2n) is 38.5. The molecule has 7 aliphatic heterocycles. The molecule has 0 spiro atoms. The summed E-state index contributed by atoms with van der Waals surface area (Å²) in [6.07, 6.45) is -45.9. The van der Waals surface area contributed by atoms with Crippen LogP contribution in [0.1, 0.15) is 228 Å². The molecule has 40 atom stereocenters. The van der Waals surface area contributed by atoms with Crippen molar-refractivity contribution in [2.75, 3.05) is 52.9 Å². The third-order valence-electron chi connectivity index (χ3n) is 27.1. The van der Waals surface area contributed by atoms with Gasteiger partial charge in [-0.2, -0.15) is 0 Å². The lowest BCUT2D eigenvalue weighted by Gasteiger charge is -2.52. The van der Waals surface area contributed by atoms with E-state index in [-0.39, 0.29) is 6.42 Å². The molecule has 840 valence electrons. The second kappa shape index (κ2) is 61.7. The summed E-state index contributed by atoms with van der Waals surface area (Å²) in [5.41, 5.74) is 0. The summed E-state index contributed by atoms with van der Waals surface area (Å²) < 4.78 is 82.3. The van der Waals surface area contributed by atoms with Crippen LogP contribution in [-0.4, -0.2) is 472 Å². The molecule has 7 aliphatic rings. The summed E-state index contributed by atoms with van der Waals surface area (Å²) in [6.45, 7) is -1.84. The summed E-state index contributed by atoms with van der Waals surface area (Å²) in [6, 6.07) is -9.21. The van der Waals surface area contributed by atoms with E-state index in [4.69, 9.17) is 66.3 Å². The van der Waals surface area contributed by atoms with Crippen molar-refractivity contribution in [3.8, 4) is 0 Å². The molecule has 52 heteroatoms. The Morgan fingerprint density at radius 2 is 0.717 bits per heavy atom. The molecule has 0 aromatic rings. The molecule has 7 rings (SSSR count). The Labute approximate surface area is 839 Å². The number of hydrogen-bond acceptors (Lipinski definition) is 44. The van der Waals surface area contributed by atoms with Crippen molar-refractivity contribution in [2.45, 2.75) is 471 Å². The quantitative estimate of drug-likeness (QED) is 0.0199. The minimum atomic E-state index is -3.64. The number of ether oxygens (including phenoxy) is 14. The highest BCUT2D eigenvalue weighted by atomic mass is 16.8. The molecular formula is C93H161N5O47. The van der Waals surface area contributed by atoms with Gasteiger partial charge in [-0.05, 0) is 19.3 Å². The average Bonchev–Trinajstić information content (AvgIpc) is 0.740. The van der Waals surface area contributed by atoms with E-state index in [0.717, 1.165) is 91.9 Å². The van der Waals surface area contributed by atoms with Crippen molar-refractivity contribution in [3.63, 3.8) is 0 Å². The van der Waals surface area contributed by atoms with Crippen molar-refractivity contribution in [3.05, 3.63) is 12.2 Å². The zero-order valence-corrected chi connectivity index (χ0v) is 82.8. The van der Waals surface area contributed by atoms with Crippen LogP contribution in [0.25, 0.3) is 0 Å². The number of unbranched alkanes of at least 4 members (excludes halogenated alkanes) is 23. The summed E-state index contributed by atoms with van der Waals surface area (Å²) in [5, 5.41) is 296. The van der Waals surface area contributed by atoms with Crippen LogP contribution < -0.4 is 26.6 Å². The maximum atomic E-state index is 14.0. The fourth-order valence-corrected chi connectivity index (χ4v) is 19.2. The van der Waals surface area contributed by atoms with Crippen molar-refractivity contribution < 1.29 is 232 Å². The largest absolute Gasteiger partial charge is 0.477 e. The van der Waals surface area contributed by atoms with Crippen LogP contribution in [0.15, 0.2) is 12.2 Å². The Hall–Kier alpha value is -5.94. The van der Waals surface area contributed by atoms with Gasteiger partial charge in [0.1, 0.15) is 153 Å². The van der Waals surface area contributed by atoms with E-state index in [0.29, 0.717) is 12.8 Å². The Balaban J connectivity index is 1.07. The van der Waals surface area contributed by atoms with Crippen molar-refractivity contribution >= 4 is 47.4 Å². The minimum Gasteiger partial charge on any atom is -0.477 e. The first kappa shape index (κ1) is 126. The third kappa shape index (κ3) is 35.0. The lowest BCUT2D eigenvalue weighted by molar-refractivity contribution is -0.391. The van der Waals surface area contributed by atoms with Gasteiger partial charge in [0.25, 0.3) is 17.4 Å². The van der Waals surface area contributed by atoms with Gasteiger partial charge >= 0.3 is 17.9 Å². The number of aliphatic hydroxyl groups excluding tert-OH is 22. The summed E-state index contributed by atoms with van der Waals surface area (Å²) in [5.74, 6) is -22.1. The molecule has 0 saturated carbocycles. The zero-order chi connectivity index (χ0) is 107. The molecule has 0 aromatic carbocycles. The van der Waals surface area contributed by atoms with E-state index in [1.165, 1.54) is 89.5 Å². The zero-order valence-electron chi connectivity index (χ0n) is 82.8. The van der Waals surface area contributed by atoms with Crippen molar-refractivity contribution in [1.29, 1.82) is 0 Å². The Morgan fingerprint density at radius 3 is 1.11 bits per heavy atom. The number of carboxylic acids is 3. The van der Waals surface area contributed by atoms with Gasteiger partial charge in [0.05, 0.1) is 101 Å². The number of aliphatic hydroxyl groups is 22. The molecule has 0 aromatic heterocycles. The van der Waals surface area contributed by atoms with E-state index in [9.17, 15) is 166 Å². The average molecular weight is 2100 g/mol. The lowest BCUT2D eigenvalue weighted by atomic mass is 9.86. The highest BCUT2D eigenvalue weighted by molar-refractivity contribution is 5.79. The van der Waals surface area contributed by atoms with Gasteiger partial charge in [-0.3, -0.25) is 24.0 Å². The predicted octanol–water partition coefficient (Wildman–Crippen LogP) is -7.48. The lowest BCUT2D eigenvalue weighted by Crippen LogP contribution is -2.72. The summed E-state index contributed by atoms with van der Waals surface area (Å²) in [7, 11) is 0. The van der Waals surface area contributed by atoms with Crippen LogP contribution in [-0.2, 0) is 105 Å². The first-order valence-corrected chi connectivity index (χ1v) is 50.4.